The second-order valence-electron chi connectivity index (χ2n) is 10.2. The van der Waals surface area contributed by atoms with Gasteiger partial charge in [0.1, 0.15) is 18.9 Å². The van der Waals surface area contributed by atoms with Gasteiger partial charge in [0.25, 0.3) is 0 Å². The van der Waals surface area contributed by atoms with E-state index in [0.29, 0.717) is 58.0 Å². The summed E-state index contributed by atoms with van der Waals surface area (Å²) in [5, 5.41) is 8.30. The molecule has 244 valence electrons. The normalized spacial score (nSPS) is 15.7. The molecule has 0 unspecified atom stereocenters. The summed E-state index contributed by atoms with van der Waals surface area (Å²) in [6, 6.07) is -1.13. The summed E-state index contributed by atoms with van der Waals surface area (Å²) in [5.74, 6) is -2.12. The summed E-state index contributed by atoms with van der Waals surface area (Å²) in [4.78, 5) is 76.4. The SMILES string of the molecule is C[C@H](CC=O)C(=O)NCC(=O)N1CCC[C@@H]1C(=O)NCCOCCOCC(=O)CCCN[C@@H](CCCN=C(N)N)C(N)=O. The van der Waals surface area contributed by atoms with Crippen molar-refractivity contribution in [2.24, 2.45) is 28.1 Å². The molecule has 1 heterocycles. The van der Waals surface area contributed by atoms with Crippen molar-refractivity contribution >= 4 is 41.7 Å². The smallest absolute Gasteiger partial charge is 0.242 e. The van der Waals surface area contributed by atoms with Crippen LogP contribution in [0, 0.1) is 5.92 Å². The number of rotatable bonds is 24. The Balaban J connectivity index is 2.12. The minimum absolute atomic E-state index is 0.00721. The molecule has 4 amide bonds. The molecule has 0 aliphatic carbocycles. The summed E-state index contributed by atoms with van der Waals surface area (Å²) in [5.41, 5.74) is 15.9. The largest absolute Gasteiger partial charge is 0.377 e. The Kier molecular flexibility index (Phi) is 19.1. The van der Waals surface area contributed by atoms with Gasteiger partial charge in [0.2, 0.25) is 23.6 Å². The summed E-state index contributed by atoms with van der Waals surface area (Å²) >= 11 is 0. The van der Waals surface area contributed by atoms with Gasteiger partial charge < -0.3 is 52.3 Å². The van der Waals surface area contributed by atoms with Gasteiger partial charge in [-0.3, -0.25) is 29.0 Å². The lowest BCUT2D eigenvalue weighted by atomic mass is 10.1. The van der Waals surface area contributed by atoms with Crippen LogP contribution in [0.3, 0.4) is 0 Å². The van der Waals surface area contributed by atoms with Crippen LogP contribution in [0.2, 0.25) is 0 Å². The number of ketones is 1. The number of likely N-dealkylation sites (tertiary alicyclic amines) is 1. The zero-order valence-corrected chi connectivity index (χ0v) is 25.0. The molecule has 43 heavy (non-hydrogen) atoms. The lowest BCUT2D eigenvalue weighted by Gasteiger charge is -2.24. The van der Waals surface area contributed by atoms with Crippen LogP contribution in [0.25, 0.3) is 0 Å². The van der Waals surface area contributed by atoms with E-state index in [1.165, 1.54) is 4.90 Å². The van der Waals surface area contributed by atoms with Gasteiger partial charge in [-0.1, -0.05) is 6.92 Å². The third kappa shape index (κ3) is 16.6. The van der Waals surface area contributed by atoms with Crippen LogP contribution in [0.1, 0.15) is 51.9 Å². The summed E-state index contributed by atoms with van der Waals surface area (Å²) < 4.78 is 10.8. The standard InChI is InChI=1S/C27H48N8O8/c1-19(8-13-36)25(40)34-17-23(38)35-12-4-7-22(35)26(41)32-11-14-42-15-16-43-18-20(37)5-2-9-31-21(24(28)39)6-3-10-33-27(29)30/h13,19,21-22,31H,2-12,14-18H2,1H3,(H2,28,39)(H,32,41)(H,34,40)(H4,29,30,33)/t19-,21+,22-/m1/s1. The van der Waals surface area contributed by atoms with E-state index < -0.39 is 23.9 Å². The monoisotopic (exact) mass is 612 g/mol. The van der Waals surface area contributed by atoms with Gasteiger partial charge in [-0.2, -0.15) is 0 Å². The highest BCUT2D eigenvalue weighted by Crippen LogP contribution is 2.17. The number of hydrogen-bond donors (Lipinski definition) is 6. The number of nitrogens with zero attached hydrogens (tertiary/aromatic N) is 2. The van der Waals surface area contributed by atoms with Crippen LogP contribution in [-0.4, -0.2) is 118 Å². The number of nitrogens with two attached hydrogens (primary N) is 3. The van der Waals surface area contributed by atoms with Crippen LogP contribution in [0.5, 0.6) is 0 Å². The first-order valence-corrected chi connectivity index (χ1v) is 14.6. The predicted octanol–water partition coefficient (Wildman–Crippen LogP) is -2.69. The number of ether oxygens (including phenoxy) is 2. The molecule has 0 spiro atoms. The summed E-state index contributed by atoms with van der Waals surface area (Å²) in [6.45, 7) is 3.50. The summed E-state index contributed by atoms with van der Waals surface area (Å²) in [7, 11) is 0. The number of amides is 4. The van der Waals surface area contributed by atoms with Crippen molar-refractivity contribution in [1.29, 1.82) is 0 Å². The van der Waals surface area contributed by atoms with Crippen LogP contribution in [0.4, 0.5) is 0 Å². The van der Waals surface area contributed by atoms with Crippen LogP contribution >= 0.6 is 0 Å². The predicted molar refractivity (Wildman–Crippen MR) is 157 cm³/mol. The fourth-order valence-electron chi connectivity index (χ4n) is 4.28. The first-order chi connectivity index (χ1) is 20.6. The average Bonchev–Trinajstić information content (AvgIpc) is 3.46. The molecule has 16 heteroatoms. The molecule has 0 radical (unpaired) electrons. The zero-order chi connectivity index (χ0) is 32.0. The van der Waals surface area contributed by atoms with Gasteiger partial charge in [0, 0.05) is 38.4 Å². The molecule has 1 fully saturated rings. The second kappa shape index (κ2) is 22.0. The fraction of sp³-hybridized carbons (Fsp3) is 0.741. The first-order valence-electron chi connectivity index (χ1n) is 14.6. The van der Waals surface area contributed by atoms with Gasteiger partial charge in [0.15, 0.2) is 11.7 Å². The Morgan fingerprint density at radius 2 is 1.77 bits per heavy atom. The van der Waals surface area contributed by atoms with E-state index in [1.54, 1.807) is 6.92 Å². The molecule has 0 aromatic rings. The number of primary amides is 1. The van der Waals surface area contributed by atoms with Crippen molar-refractivity contribution < 1.29 is 38.2 Å². The van der Waals surface area contributed by atoms with E-state index in [-0.39, 0.29) is 81.8 Å². The molecular weight excluding hydrogens is 564 g/mol. The topological polar surface area (TPSA) is 251 Å². The van der Waals surface area contributed by atoms with Crippen molar-refractivity contribution in [3.63, 3.8) is 0 Å². The molecule has 1 saturated heterocycles. The number of Topliss-reactive ketones (excluding diaryl/α,β-unsaturated/α-hetero) is 1. The number of carbonyl (C=O) groups excluding carboxylic acids is 6. The highest BCUT2D eigenvalue weighted by molar-refractivity contribution is 5.91. The Bertz CT molecular complexity index is 944. The van der Waals surface area contributed by atoms with Gasteiger partial charge >= 0.3 is 0 Å². The van der Waals surface area contributed by atoms with E-state index in [9.17, 15) is 28.8 Å². The van der Waals surface area contributed by atoms with Crippen LogP contribution < -0.4 is 33.2 Å². The van der Waals surface area contributed by atoms with Crippen LogP contribution in [0.15, 0.2) is 4.99 Å². The molecule has 0 saturated carbocycles. The number of guanidine groups is 1. The maximum absolute atomic E-state index is 12.6. The molecule has 0 aromatic heterocycles. The molecule has 1 rings (SSSR count). The number of hydrogen-bond acceptors (Lipinski definition) is 10. The molecule has 3 atom stereocenters. The Morgan fingerprint density at radius 1 is 1.02 bits per heavy atom. The average molecular weight is 613 g/mol. The van der Waals surface area contributed by atoms with E-state index in [1.807, 2.05) is 0 Å². The Hall–Kier alpha value is -3.63. The zero-order valence-electron chi connectivity index (χ0n) is 25.0. The third-order valence-electron chi connectivity index (χ3n) is 6.68. The first kappa shape index (κ1) is 37.4. The van der Waals surface area contributed by atoms with Gasteiger partial charge in [-0.15, -0.1) is 0 Å². The van der Waals surface area contributed by atoms with E-state index in [4.69, 9.17) is 26.7 Å². The van der Waals surface area contributed by atoms with Crippen molar-refractivity contribution in [2.45, 2.75) is 64.0 Å². The molecule has 16 nitrogen and oxygen atoms in total. The van der Waals surface area contributed by atoms with Gasteiger partial charge in [-0.05, 0) is 38.6 Å². The van der Waals surface area contributed by atoms with Crippen molar-refractivity contribution in [3.05, 3.63) is 0 Å². The van der Waals surface area contributed by atoms with Crippen molar-refractivity contribution in [3.8, 4) is 0 Å². The molecule has 1 aliphatic rings. The number of aldehydes is 1. The maximum atomic E-state index is 12.6. The number of aliphatic imine (C=N–C) groups is 1. The van der Waals surface area contributed by atoms with Gasteiger partial charge in [0.05, 0.1) is 32.4 Å². The van der Waals surface area contributed by atoms with Gasteiger partial charge in [-0.25, -0.2) is 0 Å². The van der Waals surface area contributed by atoms with E-state index >= 15 is 0 Å². The minimum Gasteiger partial charge on any atom is -0.377 e. The van der Waals surface area contributed by atoms with E-state index in [2.05, 4.69) is 20.9 Å². The molecule has 9 N–H and O–H groups in total. The van der Waals surface area contributed by atoms with E-state index in [0.717, 1.165) is 0 Å². The maximum Gasteiger partial charge on any atom is 0.242 e. The highest BCUT2D eigenvalue weighted by atomic mass is 16.5. The quantitative estimate of drug-likeness (QED) is 0.0283. The second-order valence-corrected chi connectivity index (χ2v) is 10.2. The number of nitrogens with one attached hydrogen (secondary N) is 3. The summed E-state index contributed by atoms with van der Waals surface area (Å²) in [6.07, 6.45) is 3.81. The molecule has 0 aromatic carbocycles. The van der Waals surface area contributed by atoms with Crippen molar-refractivity contribution in [2.75, 3.05) is 59.2 Å². The lowest BCUT2D eigenvalue weighted by Crippen LogP contribution is -2.49. The Labute approximate surface area is 252 Å². The fourth-order valence-corrected chi connectivity index (χ4v) is 4.28. The number of carbonyl (C=O) groups is 6. The van der Waals surface area contributed by atoms with Crippen molar-refractivity contribution in [1.82, 2.24) is 20.9 Å². The molecular formula is C27H48N8O8. The third-order valence-corrected chi connectivity index (χ3v) is 6.68. The Morgan fingerprint density at radius 3 is 2.47 bits per heavy atom. The minimum atomic E-state index is -0.612. The lowest BCUT2D eigenvalue weighted by molar-refractivity contribution is -0.139. The van der Waals surface area contributed by atoms with Crippen LogP contribution in [-0.2, 0) is 38.2 Å². The molecule has 1 aliphatic heterocycles. The highest BCUT2D eigenvalue weighted by Gasteiger charge is 2.33. The molecule has 0 bridgehead atoms.